The summed E-state index contributed by atoms with van der Waals surface area (Å²) in [6.45, 7) is 0.739. The summed E-state index contributed by atoms with van der Waals surface area (Å²) in [5.74, 6) is 0.424. The Hall–Kier alpha value is -2.27. The number of amides is 2. The fourth-order valence-corrected chi connectivity index (χ4v) is 3.58. The second kappa shape index (κ2) is 5.74. The first-order chi connectivity index (χ1) is 11.2. The third-order valence-corrected chi connectivity index (χ3v) is 5.24. The van der Waals surface area contributed by atoms with E-state index in [2.05, 4.69) is 10.6 Å². The molecule has 4 rings (SSSR count). The molecule has 2 aromatic carbocycles. The van der Waals surface area contributed by atoms with Crippen molar-refractivity contribution in [2.45, 2.75) is 22.6 Å². The van der Waals surface area contributed by atoms with E-state index in [1.807, 2.05) is 36.4 Å². The van der Waals surface area contributed by atoms with Gasteiger partial charge < -0.3 is 10.6 Å². The van der Waals surface area contributed by atoms with Crippen LogP contribution in [0.3, 0.4) is 0 Å². The van der Waals surface area contributed by atoms with E-state index < -0.39 is 0 Å². The van der Waals surface area contributed by atoms with E-state index in [0.29, 0.717) is 22.7 Å². The molecule has 0 spiro atoms. The molecule has 0 saturated heterocycles. The summed E-state index contributed by atoms with van der Waals surface area (Å²) in [6, 6.07) is 13.0. The molecule has 23 heavy (non-hydrogen) atoms. The van der Waals surface area contributed by atoms with Crippen LogP contribution in [-0.2, 0) is 0 Å². The number of fused-ring (bicyclic) bond motifs is 2. The van der Waals surface area contributed by atoms with Gasteiger partial charge in [-0.3, -0.25) is 9.59 Å². The minimum absolute atomic E-state index is 0.0827. The van der Waals surface area contributed by atoms with Gasteiger partial charge in [-0.25, -0.2) is 0 Å². The predicted octanol–water partition coefficient (Wildman–Crippen LogP) is 3.54. The first kappa shape index (κ1) is 14.3. The quantitative estimate of drug-likeness (QED) is 0.908. The normalized spacial score (nSPS) is 15.9. The van der Waals surface area contributed by atoms with E-state index in [4.69, 9.17) is 0 Å². The Balaban J connectivity index is 1.61. The van der Waals surface area contributed by atoms with Crippen molar-refractivity contribution in [3.8, 4) is 0 Å². The molecule has 2 aromatic rings. The number of hydrogen-bond acceptors (Lipinski definition) is 3. The molecule has 5 heteroatoms. The van der Waals surface area contributed by atoms with Gasteiger partial charge in [-0.2, -0.15) is 0 Å². The molecule has 116 valence electrons. The molecule has 2 aliphatic rings. The summed E-state index contributed by atoms with van der Waals surface area (Å²) >= 11 is 1.54. The summed E-state index contributed by atoms with van der Waals surface area (Å²) in [6.07, 6.45) is 2.41. The fourth-order valence-electron chi connectivity index (χ4n) is 2.57. The van der Waals surface area contributed by atoms with Crippen molar-refractivity contribution in [1.29, 1.82) is 0 Å². The lowest BCUT2D eigenvalue weighted by Gasteiger charge is -2.09. The van der Waals surface area contributed by atoms with Gasteiger partial charge in [0.25, 0.3) is 11.8 Å². The zero-order chi connectivity index (χ0) is 15.8. The van der Waals surface area contributed by atoms with Gasteiger partial charge in [0.1, 0.15) is 0 Å². The third kappa shape index (κ3) is 2.97. The number of nitrogens with one attached hydrogen (secondary N) is 2. The van der Waals surface area contributed by atoms with Crippen LogP contribution in [0, 0.1) is 5.92 Å². The maximum Gasteiger partial charge on any atom is 0.256 e. The lowest BCUT2D eigenvalue weighted by Crippen LogP contribution is -2.25. The molecule has 0 atom stereocenters. The zero-order valence-electron chi connectivity index (χ0n) is 12.5. The van der Waals surface area contributed by atoms with Gasteiger partial charge in [-0.1, -0.05) is 23.9 Å². The molecular formula is C18H16N2O2S. The van der Waals surface area contributed by atoms with Gasteiger partial charge in [-0.15, -0.1) is 0 Å². The minimum Gasteiger partial charge on any atom is -0.352 e. The van der Waals surface area contributed by atoms with Crippen LogP contribution in [0.1, 0.15) is 33.6 Å². The van der Waals surface area contributed by atoms with Gasteiger partial charge >= 0.3 is 0 Å². The van der Waals surface area contributed by atoms with Gasteiger partial charge in [0.05, 0.1) is 11.3 Å². The van der Waals surface area contributed by atoms with Crippen LogP contribution < -0.4 is 10.6 Å². The first-order valence-corrected chi connectivity index (χ1v) is 8.53. The van der Waals surface area contributed by atoms with Crippen molar-refractivity contribution in [3.63, 3.8) is 0 Å². The molecule has 1 aliphatic carbocycles. The molecule has 2 amide bonds. The highest BCUT2D eigenvalue weighted by molar-refractivity contribution is 7.99. The molecule has 0 radical (unpaired) electrons. The topological polar surface area (TPSA) is 58.2 Å². The molecule has 1 fully saturated rings. The summed E-state index contributed by atoms with van der Waals surface area (Å²) in [5, 5.41) is 5.86. The van der Waals surface area contributed by atoms with E-state index >= 15 is 0 Å². The lowest BCUT2D eigenvalue weighted by atomic mass is 10.1. The number of carbonyl (C=O) groups excluding carboxylic acids is 2. The molecule has 2 N–H and O–H groups in total. The number of benzene rings is 2. The molecule has 0 bridgehead atoms. The average Bonchev–Trinajstić information content (AvgIpc) is 3.39. The van der Waals surface area contributed by atoms with Gasteiger partial charge in [0.2, 0.25) is 0 Å². The molecule has 0 unspecified atom stereocenters. The molecule has 1 aliphatic heterocycles. The smallest absolute Gasteiger partial charge is 0.256 e. The Labute approximate surface area is 138 Å². The van der Waals surface area contributed by atoms with Crippen LogP contribution in [0.15, 0.2) is 52.3 Å². The number of hydrogen-bond donors (Lipinski definition) is 2. The molecule has 0 aromatic heterocycles. The van der Waals surface area contributed by atoms with Crippen molar-refractivity contribution in [1.82, 2.24) is 5.32 Å². The van der Waals surface area contributed by atoms with Gasteiger partial charge in [0.15, 0.2) is 0 Å². The first-order valence-electron chi connectivity index (χ1n) is 7.71. The molecule has 4 nitrogen and oxygen atoms in total. The Morgan fingerprint density at radius 3 is 2.83 bits per heavy atom. The Bertz CT molecular complexity index is 799. The third-order valence-electron chi connectivity index (χ3n) is 4.09. The Kier molecular flexibility index (Phi) is 3.58. The number of rotatable bonds is 3. The average molecular weight is 324 g/mol. The van der Waals surface area contributed by atoms with Crippen LogP contribution in [0.2, 0.25) is 0 Å². The fraction of sp³-hybridized carbons (Fsp3) is 0.222. The molecule has 1 heterocycles. The van der Waals surface area contributed by atoms with Crippen LogP contribution in [0.4, 0.5) is 5.69 Å². The largest absolute Gasteiger partial charge is 0.352 e. The van der Waals surface area contributed by atoms with Crippen molar-refractivity contribution < 1.29 is 9.59 Å². The minimum atomic E-state index is -0.137. The summed E-state index contributed by atoms with van der Waals surface area (Å²) in [7, 11) is 0. The number of carbonyl (C=O) groups is 2. The predicted molar refractivity (Wildman–Crippen MR) is 90.0 cm³/mol. The second-order valence-electron chi connectivity index (χ2n) is 5.92. The molecule has 1 saturated carbocycles. The van der Waals surface area contributed by atoms with Crippen molar-refractivity contribution in [2.75, 3.05) is 11.9 Å². The van der Waals surface area contributed by atoms with Crippen LogP contribution in [-0.4, -0.2) is 18.4 Å². The van der Waals surface area contributed by atoms with E-state index in [9.17, 15) is 9.59 Å². The van der Waals surface area contributed by atoms with E-state index in [0.717, 1.165) is 16.3 Å². The van der Waals surface area contributed by atoms with E-state index in [1.165, 1.54) is 12.8 Å². The van der Waals surface area contributed by atoms with Crippen LogP contribution in [0.5, 0.6) is 0 Å². The number of anilines is 1. The maximum absolute atomic E-state index is 12.3. The monoisotopic (exact) mass is 324 g/mol. The summed E-state index contributed by atoms with van der Waals surface area (Å²) < 4.78 is 0. The van der Waals surface area contributed by atoms with Crippen molar-refractivity contribution >= 4 is 29.3 Å². The highest BCUT2D eigenvalue weighted by atomic mass is 32.2. The van der Waals surface area contributed by atoms with Crippen LogP contribution in [0.25, 0.3) is 0 Å². The second-order valence-corrected chi connectivity index (χ2v) is 7.00. The summed E-state index contributed by atoms with van der Waals surface area (Å²) in [5.41, 5.74) is 1.93. The Morgan fingerprint density at radius 2 is 2.00 bits per heavy atom. The van der Waals surface area contributed by atoms with E-state index in [-0.39, 0.29) is 11.8 Å². The summed E-state index contributed by atoms with van der Waals surface area (Å²) in [4.78, 5) is 26.4. The van der Waals surface area contributed by atoms with Crippen molar-refractivity contribution in [2.24, 2.45) is 5.92 Å². The molecular weight excluding hydrogens is 308 g/mol. The van der Waals surface area contributed by atoms with Gasteiger partial charge in [0, 0.05) is 21.9 Å². The maximum atomic E-state index is 12.3. The zero-order valence-corrected chi connectivity index (χ0v) is 13.3. The highest BCUT2D eigenvalue weighted by Gasteiger charge is 2.23. The van der Waals surface area contributed by atoms with Gasteiger partial charge in [-0.05, 0) is 49.1 Å². The van der Waals surface area contributed by atoms with Crippen LogP contribution >= 0.6 is 11.8 Å². The SMILES string of the molecule is O=C(NCC1CC1)c1ccc2c(c1)NC(=O)c1ccccc1S2. The standard InChI is InChI=1S/C18H16N2O2S/c21-17(19-10-11-5-6-11)12-7-8-16-14(9-12)20-18(22)13-3-1-2-4-15(13)23-16/h1-4,7-9,11H,5-6,10H2,(H,19,21)(H,20,22). The Morgan fingerprint density at radius 1 is 1.17 bits per heavy atom. The lowest BCUT2D eigenvalue weighted by molar-refractivity contribution is 0.0950. The highest BCUT2D eigenvalue weighted by Crippen LogP contribution is 2.39. The van der Waals surface area contributed by atoms with E-state index in [1.54, 1.807) is 17.8 Å². The van der Waals surface area contributed by atoms with Crippen molar-refractivity contribution in [3.05, 3.63) is 53.6 Å².